The quantitative estimate of drug-likeness (QED) is 0.572. The third-order valence-corrected chi connectivity index (χ3v) is 5.71. The second kappa shape index (κ2) is 4.87. The highest BCUT2D eigenvalue weighted by Gasteiger charge is 2.51. The van der Waals surface area contributed by atoms with Crippen LogP contribution in [0.1, 0.15) is 65.2 Å². The van der Waals surface area contributed by atoms with Crippen molar-refractivity contribution < 1.29 is 0 Å². The summed E-state index contributed by atoms with van der Waals surface area (Å²) in [4.78, 5) is 0. The average molecular weight is 244 g/mol. The first-order valence-electron chi connectivity index (χ1n) is 8.09. The summed E-state index contributed by atoms with van der Waals surface area (Å²) in [5, 5.41) is 0. The number of allylic oxidation sites excluding steroid dienone is 4. The van der Waals surface area contributed by atoms with Gasteiger partial charge in [0.1, 0.15) is 0 Å². The zero-order valence-corrected chi connectivity index (χ0v) is 12.1. The minimum atomic E-state index is 0.591. The van der Waals surface area contributed by atoms with Gasteiger partial charge in [-0.15, -0.1) is 0 Å². The molecule has 4 aliphatic rings. The van der Waals surface area contributed by atoms with Crippen LogP contribution in [0.3, 0.4) is 0 Å². The summed E-state index contributed by atoms with van der Waals surface area (Å²) in [5.41, 5.74) is 2.27. The van der Waals surface area contributed by atoms with E-state index in [1.807, 2.05) is 0 Å². The van der Waals surface area contributed by atoms with Gasteiger partial charge in [0.15, 0.2) is 0 Å². The molecule has 0 radical (unpaired) electrons. The smallest absolute Gasteiger partial charge is 0.00424 e. The fourth-order valence-corrected chi connectivity index (χ4v) is 5.42. The first-order chi connectivity index (χ1) is 8.75. The Morgan fingerprint density at radius 1 is 1.06 bits per heavy atom. The van der Waals surface area contributed by atoms with E-state index in [-0.39, 0.29) is 0 Å². The normalized spacial score (nSPS) is 43.0. The Morgan fingerprint density at radius 2 is 1.61 bits per heavy atom. The van der Waals surface area contributed by atoms with Gasteiger partial charge in [-0.3, -0.25) is 0 Å². The molecule has 0 amide bonds. The van der Waals surface area contributed by atoms with Gasteiger partial charge in [0, 0.05) is 0 Å². The van der Waals surface area contributed by atoms with Gasteiger partial charge in [0.05, 0.1) is 0 Å². The molecule has 4 fully saturated rings. The van der Waals surface area contributed by atoms with Crippen molar-refractivity contribution in [2.45, 2.75) is 65.2 Å². The molecule has 0 nitrogen and oxygen atoms in total. The largest absolute Gasteiger partial charge is 0.0843 e. The average Bonchev–Trinajstić information content (AvgIpc) is 2.32. The van der Waals surface area contributed by atoms with E-state index in [1.165, 1.54) is 32.1 Å². The molecule has 4 saturated carbocycles. The molecule has 0 heterocycles. The Kier molecular flexibility index (Phi) is 3.38. The summed E-state index contributed by atoms with van der Waals surface area (Å²) in [7, 11) is 0. The van der Waals surface area contributed by atoms with Crippen LogP contribution < -0.4 is 0 Å². The predicted octanol–water partition coefficient (Wildman–Crippen LogP) is 5.51. The molecule has 0 heteroatoms. The van der Waals surface area contributed by atoms with E-state index in [0.717, 1.165) is 17.8 Å². The lowest BCUT2D eigenvalue weighted by Gasteiger charge is -2.57. The van der Waals surface area contributed by atoms with Gasteiger partial charge in [-0.2, -0.15) is 0 Å². The SMILES string of the molecule is C/C=C(/C=C/CCC)C12CC3CC(CC(C3)C1)C2. The van der Waals surface area contributed by atoms with Crippen LogP contribution in [0.25, 0.3) is 0 Å². The molecular weight excluding hydrogens is 216 g/mol. The lowest BCUT2D eigenvalue weighted by Crippen LogP contribution is -2.46. The molecule has 0 unspecified atom stereocenters. The molecule has 18 heavy (non-hydrogen) atoms. The molecule has 0 saturated heterocycles. The first kappa shape index (κ1) is 12.5. The Labute approximate surface area is 113 Å². The molecule has 0 spiro atoms. The number of rotatable bonds is 4. The van der Waals surface area contributed by atoms with Gasteiger partial charge in [0.25, 0.3) is 0 Å². The van der Waals surface area contributed by atoms with E-state index in [2.05, 4.69) is 32.1 Å². The molecule has 4 aliphatic carbocycles. The lowest BCUT2D eigenvalue weighted by atomic mass is 9.47. The van der Waals surface area contributed by atoms with Crippen LogP contribution in [-0.4, -0.2) is 0 Å². The van der Waals surface area contributed by atoms with Gasteiger partial charge < -0.3 is 0 Å². The van der Waals surface area contributed by atoms with Crippen molar-refractivity contribution >= 4 is 0 Å². The Bertz CT molecular complexity index is 323. The second-order valence-electron chi connectivity index (χ2n) is 7.13. The highest BCUT2D eigenvalue weighted by molar-refractivity contribution is 5.30. The van der Waals surface area contributed by atoms with Crippen molar-refractivity contribution in [1.29, 1.82) is 0 Å². The van der Waals surface area contributed by atoms with E-state index in [1.54, 1.807) is 24.8 Å². The second-order valence-corrected chi connectivity index (χ2v) is 7.13. The van der Waals surface area contributed by atoms with Crippen LogP contribution in [0, 0.1) is 23.2 Å². The Balaban J connectivity index is 1.81. The van der Waals surface area contributed by atoms with Crippen molar-refractivity contribution in [3.05, 3.63) is 23.8 Å². The molecule has 0 atom stereocenters. The Hall–Kier alpha value is -0.520. The maximum Gasteiger partial charge on any atom is -0.00424 e. The Morgan fingerprint density at radius 3 is 2.06 bits per heavy atom. The van der Waals surface area contributed by atoms with Gasteiger partial charge in [0.2, 0.25) is 0 Å². The summed E-state index contributed by atoms with van der Waals surface area (Å²) < 4.78 is 0. The van der Waals surface area contributed by atoms with Gasteiger partial charge in [-0.05, 0) is 80.6 Å². The summed E-state index contributed by atoms with van der Waals surface area (Å²) in [5.74, 6) is 3.18. The minimum absolute atomic E-state index is 0.591. The van der Waals surface area contributed by atoms with E-state index in [9.17, 15) is 0 Å². The molecule has 0 aromatic rings. The minimum Gasteiger partial charge on any atom is -0.0843 e. The molecule has 0 aromatic carbocycles. The van der Waals surface area contributed by atoms with Crippen molar-refractivity contribution in [2.75, 3.05) is 0 Å². The first-order valence-corrected chi connectivity index (χ1v) is 8.09. The molecular formula is C18H28. The standard InChI is InChI=1S/C18H28/c1-3-5-6-7-17(4-2)18-11-14-8-15(12-18)10-16(9-14)13-18/h4,6-7,14-16H,3,5,8-13H2,1-2H3/b7-6+,17-4-. The van der Waals surface area contributed by atoms with E-state index in [4.69, 9.17) is 0 Å². The third kappa shape index (κ3) is 2.08. The van der Waals surface area contributed by atoms with Crippen molar-refractivity contribution in [2.24, 2.45) is 23.2 Å². The van der Waals surface area contributed by atoms with Crippen LogP contribution in [-0.2, 0) is 0 Å². The highest BCUT2D eigenvalue weighted by atomic mass is 14.6. The molecule has 0 N–H and O–H groups in total. The van der Waals surface area contributed by atoms with Crippen molar-refractivity contribution in [3.63, 3.8) is 0 Å². The zero-order chi connectivity index (χ0) is 12.6. The van der Waals surface area contributed by atoms with Crippen LogP contribution in [0.2, 0.25) is 0 Å². The van der Waals surface area contributed by atoms with Gasteiger partial charge >= 0.3 is 0 Å². The molecule has 4 rings (SSSR count). The van der Waals surface area contributed by atoms with E-state index < -0.39 is 0 Å². The van der Waals surface area contributed by atoms with E-state index >= 15 is 0 Å². The van der Waals surface area contributed by atoms with Crippen LogP contribution >= 0.6 is 0 Å². The summed E-state index contributed by atoms with van der Waals surface area (Å²) in [6.07, 6.45) is 18.9. The maximum absolute atomic E-state index is 2.47. The molecule has 100 valence electrons. The molecule has 0 aromatic heterocycles. The lowest BCUT2D eigenvalue weighted by molar-refractivity contribution is -0.0286. The van der Waals surface area contributed by atoms with E-state index in [0.29, 0.717) is 5.41 Å². The van der Waals surface area contributed by atoms with Crippen LogP contribution in [0.4, 0.5) is 0 Å². The fourth-order valence-electron chi connectivity index (χ4n) is 5.42. The van der Waals surface area contributed by atoms with Crippen LogP contribution in [0.5, 0.6) is 0 Å². The van der Waals surface area contributed by atoms with Crippen LogP contribution in [0.15, 0.2) is 23.8 Å². The van der Waals surface area contributed by atoms with Crippen molar-refractivity contribution in [1.82, 2.24) is 0 Å². The number of hydrogen-bond donors (Lipinski definition) is 0. The summed E-state index contributed by atoms with van der Waals surface area (Å²) in [6, 6.07) is 0. The summed E-state index contributed by atoms with van der Waals surface area (Å²) in [6.45, 7) is 4.52. The van der Waals surface area contributed by atoms with Gasteiger partial charge in [-0.1, -0.05) is 31.6 Å². The predicted molar refractivity (Wildman–Crippen MR) is 78.4 cm³/mol. The fraction of sp³-hybridized carbons (Fsp3) is 0.778. The molecule has 0 aliphatic heterocycles. The molecule has 4 bridgehead atoms. The zero-order valence-electron chi connectivity index (χ0n) is 12.1. The third-order valence-electron chi connectivity index (χ3n) is 5.71. The highest BCUT2D eigenvalue weighted by Crippen LogP contribution is 2.62. The topological polar surface area (TPSA) is 0 Å². The summed E-state index contributed by atoms with van der Waals surface area (Å²) >= 11 is 0. The van der Waals surface area contributed by atoms with Crippen molar-refractivity contribution in [3.8, 4) is 0 Å². The number of hydrogen-bond acceptors (Lipinski definition) is 0. The maximum atomic E-state index is 2.47. The monoisotopic (exact) mass is 244 g/mol. The number of unbranched alkanes of at least 4 members (excludes halogenated alkanes) is 1. The van der Waals surface area contributed by atoms with Gasteiger partial charge in [-0.25, -0.2) is 0 Å².